The van der Waals surface area contributed by atoms with Crippen molar-refractivity contribution in [1.29, 1.82) is 0 Å². The Balaban J connectivity index is 0.000000177. The number of nitrogens with zero attached hydrogens (tertiary/aromatic N) is 3. The van der Waals surface area contributed by atoms with Crippen molar-refractivity contribution in [3.8, 4) is 0 Å². The Labute approximate surface area is 181 Å². The maximum atomic E-state index is 12.4. The number of hydrogen-bond donors (Lipinski definition) is 1. The predicted octanol–water partition coefficient (Wildman–Crippen LogP) is 5.12. The van der Waals surface area contributed by atoms with Crippen LogP contribution in [0.2, 0.25) is 0 Å². The van der Waals surface area contributed by atoms with E-state index < -0.39 is 10.0 Å². The molecule has 1 N–H and O–H groups in total. The average molecular weight is 528 g/mol. The highest BCUT2D eigenvalue weighted by Gasteiger charge is 2.30. The van der Waals surface area contributed by atoms with Gasteiger partial charge >= 0.3 is 0 Å². The number of aromatic amines is 1. The third-order valence-corrected chi connectivity index (χ3v) is 7.60. The van der Waals surface area contributed by atoms with Crippen LogP contribution in [0.3, 0.4) is 0 Å². The fourth-order valence-electron chi connectivity index (χ4n) is 2.86. The highest BCUT2D eigenvalue weighted by Crippen LogP contribution is 2.43. The van der Waals surface area contributed by atoms with Crippen LogP contribution in [0.5, 0.6) is 0 Å². The Bertz CT molecular complexity index is 1080. The van der Waals surface area contributed by atoms with Crippen molar-refractivity contribution >= 4 is 41.9 Å². The molecule has 2 aliphatic rings. The molecule has 0 unspecified atom stereocenters. The van der Waals surface area contributed by atoms with E-state index in [4.69, 9.17) is 0 Å². The minimum absolute atomic E-state index is 0.260. The Morgan fingerprint density at radius 1 is 1.04 bits per heavy atom. The molecule has 2 aliphatic carbocycles. The molecule has 0 radical (unpaired) electrons. The third-order valence-electron chi connectivity index (χ3n) is 4.81. The second-order valence-corrected chi connectivity index (χ2v) is 10.7. The second-order valence-electron chi connectivity index (χ2n) is 7.23. The zero-order valence-corrected chi connectivity index (χ0v) is 19.3. The number of aryl methyl sites for hydroxylation is 1. The molecule has 2 aromatic heterocycles. The molecule has 28 heavy (non-hydrogen) atoms. The van der Waals surface area contributed by atoms with Gasteiger partial charge in [0.05, 0.1) is 37.6 Å². The van der Waals surface area contributed by atoms with Crippen LogP contribution < -0.4 is 0 Å². The summed E-state index contributed by atoms with van der Waals surface area (Å²) in [6, 6.07) is 6.79. The molecule has 0 amide bonds. The molecule has 0 atom stereocenters. The lowest BCUT2D eigenvalue weighted by molar-refractivity contribution is 0.579. The standard InChI is InChI=1S/C13H13BrN2O2S.C6H7BrN2/c1-9-2-6-11(7-3-9)19(17,18)16-8-12(14)13(15-16)10-4-5-10;7-5-3-8-9-6(5)4-1-2-4/h2-3,6-8,10H,4-5H2,1H3;3-4H,1-2H2,(H,8,9). The van der Waals surface area contributed by atoms with Crippen LogP contribution in [0.1, 0.15) is 54.5 Å². The van der Waals surface area contributed by atoms with Crippen LogP contribution in [-0.4, -0.2) is 27.8 Å². The Morgan fingerprint density at radius 3 is 2.21 bits per heavy atom. The van der Waals surface area contributed by atoms with Gasteiger partial charge in [-0.2, -0.15) is 22.7 Å². The fourth-order valence-corrected chi connectivity index (χ4v) is 5.24. The molecule has 9 heteroatoms. The molecule has 0 spiro atoms. The van der Waals surface area contributed by atoms with Crippen LogP contribution >= 0.6 is 31.9 Å². The van der Waals surface area contributed by atoms with Gasteiger partial charge < -0.3 is 0 Å². The van der Waals surface area contributed by atoms with Crippen molar-refractivity contribution in [3.05, 3.63) is 62.6 Å². The van der Waals surface area contributed by atoms with Crippen molar-refractivity contribution in [1.82, 2.24) is 19.4 Å². The average Bonchev–Trinajstić information content (AvgIpc) is 3.60. The first-order valence-corrected chi connectivity index (χ1v) is 12.1. The molecular formula is C19H20Br2N4O2S. The van der Waals surface area contributed by atoms with Crippen molar-refractivity contribution in [2.75, 3.05) is 0 Å². The van der Waals surface area contributed by atoms with Gasteiger partial charge in [0.2, 0.25) is 0 Å². The minimum Gasteiger partial charge on any atom is -0.281 e. The smallest absolute Gasteiger partial charge is 0.281 e. The molecule has 0 bridgehead atoms. The van der Waals surface area contributed by atoms with Crippen molar-refractivity contribution in [2.24, 2.45) is 0 Å². The molecule has 2 fully saturated rings. The zero-order chi connectivity index (χ0) is 19.9. The fraction of sp³-hybridized carbons (Fsp3) is 0.368. The number of aromatic nitrogens is 4. The quantitative estimate of drug-likeness (QED) is 0.510. The minimum atomic E-state index is -3.59. The molecular weight excluding hydrogens is 508 g/mol. The van der Waals surface area contributed by atoms with Crippen molar-refractivity contribution in [2.45, 2.75) is 49.3 Å². The summed E-state index contributed by atoms with van der Waals surface area (Å²) >= 11 is 6.80. The van der Waals surface area contributed by atoms with Gasteiger partial charge in [0.15, 0.2) is 0 Å². The van der Waals surface area contributed by atoms with E-state index in [1.54, 1.807) is 24.3 Å². The molecule has 2 saturated carbocycles. The third kappa shape index (κ3) is 4.26. The molecule has 6 nitrogen and oxygen atoms in total. The van der Waals surface area contributed by atoms with Crippen molar-refractivity contribution < 1.29 is 8.42 Å². The highest BCUT2D eigenvalue weighted by molar-refractivity contribution is 9.10. The molecule has 0 aliphatic heterocycles. The van der Waals surface area contributed by atoms with Gasteiger partial charge in [0.25, 0.3) is 10.0 Å². The Morgan fingerprint density at radius 2 is 1.68 bits per heavy atom. The number of benzene rings is 1. The van der Waals surface area contributed by atoms with E-state index in [0.29, 0.717) is 5.92 Å². The lowest BCUT2D eigenvalue weighted by Crippen LogP contribution is -2.13. The Kier molecular flexibility index (Phi) is 5.50. The molecule has 3 aromatic rings. The summed E-state index contributed by atoms with van der Waals surface area (Å²) in [6.45, 7) is 1.92. The summed E-state index contributed by atoms with van der Waals surface area (Å²) in [5.41, 5.74) is 3.14. The van der Waals surface area contributed by atoms with Gasteiger partial charge in [-0.3, -0.25) is 5.10 Å². The summed E-state index contributed by atoms with van der Waals surface area (Å²) in [5.74, 6) is 1.17. The van der Waals surface area contributed by atoms with Crippen LogP contribution in [0.15, 0.2) is 50.5 Å². The van der Waals surface area contributed by atoms with E-state index in [-0.39, 0.29) is 4.90 Å². The number of hydrogen-bond acceptors (Lipinski definition) is 4. The SMILES string of the molecule is Brc1cn[nH]c1C1CC1.Cc1ccc(S(=O)(=O)n2cc(Br)c(C3CC3)n2)cc1. The highest BCUT2D eigenvalue weighted by atomic mass is 79.9. The van der Waals surface area contributed by atoms with Gasteiger partial charge in [-0.15, -0.1) is 0 Å². The maximum absolute atomic E-state index is 12.4. The van der Waals surface area contributed by atoms with E-state index in [0.717, 1.165) is 43.0 Å². The van der Waals surface area contributed by atoms with E-state index in [1.807, 2.05) is 13.1 Å². The summed E-state index contributed by atoms with van der Waals surface area (Å²) in [4.78, 5) is 0.260. The normalized spacial score (nSPS) is 16.5. The number of rotatable bonds is 4. The molecule has 148 valence electrons. The topological polar surface area (TPSA) is 80.6 Å². The lowest BCUT2D eigenvalue weighted by Gasteiger charge is -2.04. The lowest BCUT2D eigenvalue weighted by atomic mass is 10.2. The van der Waals surface area contributed by atoms with Crippen molar-refractivity contribution in [3.63, 3.8) is 0 Å². The largest absolute Gasteiger partial charge is 0.282 e. The monoisotopic (exact) mass is 526 g/mol. The number of nitrogens with one attached hydrogen (secondary N) is 1. The zero-order valence-electron chi connectivity index (χ0n) is 15.3. The molecule has 1 aromatic carbocycles. The number of H-pyrrole nitrogens is 1. The Hall–Kier alpha value is -1.45. The summed E-state index contributed by atoms with van der Waals surface area (Å²) in [5, 5.41) is 11.1. The maximum Gasteiger partial charge on any atom is 0.282 e. The van der Waals surface area contributed by atoms with Crippen LogP contribution in [-0.2, 0) is 10.0 Å². The van der Waals surface area contributed by atoms with Gasteiger partial charge in [-0.05, 0) is 76.6 Å². The summed E-state index contributed by atoms with van der Waals surface area (Å²) in [7, 11) is -3.59. The predicted molar refractivity (Wildman–Crippen MR) is 114 cm³/mol. The van der Waals surface area contributed by atoms with Gasteiger partial charge in [0, 0.05) is 11.8 Å². The first-order chi connectivity index (χ1) is 13.4. The first-order valence-electron chi connectivity index (χ1n) is 9.12. The van der Waals surface area contributed by atoms with Crippen LogP contribution in [0.4, 0.5) is 0 Å². The summed E-state index contributed by atoms with van der Waals surface area (Å²) in [6.07, 6.45) is 8.15. The molecule has 5 rings (SSSR count). The van der Waals surface area contributed by atoms with E-state index >= 15 is 0 Å². The summed E-state index contributed by atoms with van der Waals surface area (Å²) < 4.78 is 27.8. The van der Waals surface area contributed by atoms with Gasteiger partial charge in [0.1, 0.15) is 0 Å². The van der Waals surface area contributed by atoms with Gasteiger partial charge in [-0.25, -0.2) is 0 Å². The van der Waals surface area contributed by atoms with E-state index in [1.165, 1.54) is 24.7 Å². The van der Waals surface area contributed by atoms with Gasteiger partial charge in [-0.1, -0.05) is 17.7 Å². The first kappa shape index (κ1) is 19.8. The second kappa shape index (κ2) is 7.76. The number of halogens is 2. The van der Waals surface area contributed by atoms with E-state index in [9.17, 15) is 8.42 Å². The van der Waals surface area contributed by atoms with Crippen LogP contribution in [0.25, 0.3) is 0 Å². The van der Waals surface area contributed by atoms with Crippen LogP contribution in [0, 0.1) is 6.92 Å². The van der Waals surface area contributed by atoms with E-state index in [2.05, 4.69) is 47.2 Å². The molecule has 2 heterocycles. The molecule has 0 saturated heterocycles.